The van der Waals surface area contributed by atoms with Crippen LogP contribution < -0.4 is 9.46 Å². The van der Waals surface area contributed by atoms with Crippen LogP contribution in [0.3, 0.4) is 0 Å². The van der Waals surface area contributed by atoms with Crippen molar-refractivity contribution in [3.8, 4) is 5.75 Å². The van der Waals surface area contributed by atoms with E-state index in [0.29, 0.717) is 17.2 Å². The lowest BCUT2D eigenvalue weighted by Crippen LogP contribution is -2.16. The largest absolute Gasteiger partial charge is 0.426 e. The Morgan fingerprint density at radius 2 is 1.60 bits per heavy atom. The molecule has 1 amide bonds. The third-order valence-corrected chi connectivity index (χ3v) is 4.12. The van der Waals surface area contributed by atoms with Crippen molar-refractivity contribution in [3.63, 3.8) is 0 Å². The van der Waals surface area contributed by atoms with E-state index in [9.17, 15) is 9.59 Å². The van der Waals surface area contributed by atoms with Gasteiger partial charge in [0.25, 0.3) is 5.91 Å². The molecule has 0 bridgehead atoms. The van der Waals surface area contributed by atoms with Gasteiger partial charge in [-0.15, -0.1) is 0 Å². The summed E-state index contributed by atoms with van der Waals surface area (Å²) in [6.07, 6.45) is 1.02. The van der Waals surface area contributed by atoms with Gasteiger partial charge in [0.05, 0.1) is 5.92 Å². The van der Waals surface area contributed by atoms with Crippen molar-refractivity contribution < 1.29 is 14.3 Å². The van der Waals surface area contributed by atoms with E-state index in [1.54, 1.807) is 24.3 Å². The highest BCUT2D eigenvalue weighted by Gasteiger charge is 2.18. The Kier molecular flexibility index (Phi) is 6.65. The summed E-state index contributed by atoms with van der Waals surface area (Å²) in [5.74, 6) is -0.00238. The van der Waals surface area contributed by atoms with Gasteiger partial charge in [-0.1, -0.05) is 50.9 Å². The van der Waals surface area contributed by atoms with Gasteiger partial charge in [0, 0.05) is 5.56 Å². The first-order chi connectivity index (χ1) is 11.9. The lowest BCUT2D eigenvalue weighted by Gasteiger charge is -2.13. The van der Waals surface area contributed by atoms with Gasteiger partial charge in [-0.05, 0) is 54.7 Å². The van der Waals surface area contributed by atoms with Crippen molar-refractivity contribution in [3.05, 3.63) is 65.2 Å². The molecule has 1 N–H and O–H groups in total. The third kappa shape index (κ3) is 5.36. The van der Waals surface area contributed by atoms with Gasteiger partial charge in [0.2, 0.25) is 0 Å². The van der Waals surface area contributed by atoms with Gasteiger partial charge in [-0.2, -0.15) is 0 Å². The summed E-state index contributed by atoms with van der Waals surface area (Å²) in [5.41, 5.74) is 2.63. The topological polar surface area (TPSA) is 55.4 Å². The van der Waals surface area contributed by atoms with E-state index in [1.807, 2.05) is 19.1 Å². The second-order valence-corrected chi connectivity index (χ2v) is 6.67. The molecular weight excluding hydrogens is 334 g/mol. The molecule has 0 aliphatic carbocycles. The van der Waals surface area contributed by atoms with Crippen LogP contribution >= 0.6 is 12.8 Å². The number of amides is 1. The first-order valence-electron chi connectivity index (χ1n) is 8.25. The van der Waals surface area contributed by atoms with Crippen LogP contribution in [0, 0.1) is 5.92 Å². The molecule has 1 unspecified atom stereocenters. The number of benzene rings is 2. The van der Waals surface area contributed by atoms with Gasteiger partial charge in [0.1, 0.15) is 5.75 Å². The zero-order valence-electron chi connectivity index (χ0n) is 14.7. The molecule has 0 saturated carbocycles. The summed E-state index contributed by atoms with van der Waals surface area (Å²) < 4.78 is 7.65. The van der Waals surface area contributed by atoms with E-state index < -0.39 is 0 Å². The molecule has 0 aromatic heterocycles. The molecule has 0 aliphatic rings. The van der Waals surface area contributed by atoms with Gasteiger partial charge in [-0.25, -0.2) is 0 Å². The fourth-order valence-corrected chi connectivity index (χ4v) is 2.62. The number of nitrogens with one attached hydrogen (secondary N) is 1. The normalized spacial score (nSPS) is 11.9. The Labute approximate surface area is 154 Å². The molecule has 0 radical (unpaired) electrons. The zero-order valence-corrected chi connectivity index (χ0v) is 15.5. The first-order valence-corrected chi connectivity index (χ1v) is 8.70. The van der Waals surface area contributed by atoms with Crippen LogP contribution in [-0.2, 0) is 11.2 Å². The predicted octanol–water partition coefficient (Wildman–Crippen LogP) is 4.17. The average molecular weight is 357 g/mol. The Balaban J connectivity index is 2.01. The lowest BCUT2D eigenvalue weighted by molar-refractivity contribution is -0.135. The molecule has 5 heteroatoms. The Morgan fingerprint density at radius 1 is 1.00 bits per heavy atom. The molecule has 132 valence electrons. The number of rotatable bonds is 6. The quantitative estimate of drug-likeness (QED) is 0.463. The van der Waals surface area contributed by atoms with E-state index in [-0.39, 0.29) is 17.8 Å². The highest BCUT2D eigenvalue weighted by atomic mass is 32.1. The van der Waals surface area contributed by atoms with Crippen molar-refractivity contribution in [2.75, 3.05) is 0 Å². The second kappa shape index (κ2) is 8.72. The van der Waals surface area contributed by atoms with E-state index in [4.69, 9.17) is 4.74 Å². The summed E-state index contributed by atoms with van der Waals surface area (Å²) in [7, 11) is 0. The van der Waals surface area contributed by atoms with E-state index in [1.165, 1.54) is 5.56 Å². The lowest BCUT2D eigenvalue weighted by atomic mass is 9.97. The molecule has 25 heavy (non-hydrogen) atoms. The summed E-state index contributed by atoms with van der Waals surface area (Å²) in [5, 5.41) is 0. The van der Waals surface area contributed by atoms with Crippen LogP contribution in [0.5, 0.6) is 5.75 Å². The van der Waals surface area contributed by atoms with E-state index in [2.05, 4.69) is 43.5 Å². The summed E-state index contributed by atoms with van der Waals surface area (Å²) >= 11 is 3.72. The van der Waals surface area contributed by atoms with Gasteiger partial charge >= 0.3 is 5.97 Å². The summed E-state index contributed by atoms with van der Waals surface area (Å²) in [4.78, 5) is 23.8. The van der Waals surface area contributed by atoms with Crippen LogP contribution in [0.1, 0.15) is 48.2 Å². The van der Waals surface area contributed by atoms with Gasteiger partial charge in [0.15, 0.2) is 0 Å². The van der Waals surface area contributed by atoms with Crippen molar-refractivity contribution >= 4 is 24.7 Å². The minimum absolute atomic E-state index is 0.309. The molecule has 1 atom stereocenters. The number of ether oxygens (including phenoxy) is 1. The van der Waals surface area contributed by atoms with Crippen molar-refractivity contribution in [1.29, 1.82) is 0 Å². The summed E-state index contributed by atoms with van der Waals surface area (Å²) in [6.45, 7) is 6.18. The maximum Gasteiger partial charge on any atom is 0.318 e. The highest BCUT2D eigenvalue weighted by molar-refractivity contribution is 7.78. The molecule has 0 spiro atoms. The fraction of sp³-hybridized carbons (Fsp3) is 0.300. The molecule has 2 aromatic rings. The number of carbonyl (C=O) groups excluding carboxylic acids is 2. The molecule has 0 fully saturated rings. The van der Waals surface area contributed by atoms with Crippen molar-refractivity contribution in [1.82, 2.24) is 4.72 Å². The molecule has 0 heterocycles. The SMILES string of the molecule is CC(C)Cc1ccc(C(C)C(=O)Oc2ccc(C(=O)NS)cc2)cc1. The van der Waals surface area contributed by atoms with Gasteiger partial charge in [-0.3, -0.25) is 14.3 Å². The van der Waals surface area contributed by atoms with Crippen molar-refractivity contribution in [2.24, 2.45) is 5.92 Å². The monoisotopic (exact) mass is 357 g/mol. The molecule has 0 saturated heterocycles. The molecule has 2 aromatic carbocycles. The van der Waals surface area contributed by atoms with Crippen LogP contribution in [0.15, 0.2) is 48.5 Å². The molecule has 2 rings (SSSR count). The Bertz CT molecular complexity index is 724. The minimum Gasteiger partial charge on any atom is -0.426 e. The molecule has 0 aliphatic heterocycles. The van der Waals surface area contributed by atoms with Crippen LogP contribution in [-0.4, -0.2) is 11.9 Å². The van der Waals surface area contributed by atoms with Crippen LogP contribution in [0.4, 0.5) is 0 Å². The van der Waals surface area contributed by atoms with Gasteiger partial charge < -0.3 is 4.74 Å². The standard InChI is InChI=1S/C20H23NO3S/c1-13(2)12-15-4-6-16(7-5-15)14(3)20(23)24-18-10-8-17(9-11-18)19(22)21-25/h4-11,13-14,25H,12H2,1-3H3,(H,21,22). The Hall–Kier alpha value is -2.27. The number of hydrogen-bond acceptors (Lipinski definition) is 4. The van der Waals surface area contributed by atoms with E-state index >= 15 is 0 Å². The number of hydrogen-bond donors (Lipinski definition) is 2. The van der Waals surface area contributed by atoms with Crippen LogP contribution in [0.25, 0.3) is 0 Å². The van der Waals surface area contributed by atoms with Crippen LogP contribution in [0.2, 0.25) is 0 Å². The first kappa shape index (κ1) is 19.1. The molecular formula is C20H23NO3S. The number of carbonyl (C=O) groups is 2. The molecule has 4 nitrogen and oxygen atoms in total. The fourth-order valence-electron chi connectivity index (χ4n) is 2.49. The maximum atomic E-state index is 12.3. The average Bonchev–Trinajstić information content (AvgIpc) is 2.61. The number of esters is 1. The summed E-state index contributed by atoms with van der Waals surface area (Å²) in [6, 6.07) is 14.4. The highest BCUT2D eigenvalue weighted by Crippen LogP contribution is 2.21. The second-order valence-electron chi connectivity index (χ2n) is 6.45. The third-order valence-electron chi connectivity index (χ3n) is 3.91. The maximum absolute atomic E-state index is 12.3. The Morgan fingerprint density at radius 3 is 2.12 bits per heavy atom. The van der Waals surface area contributed by atoms with E-state index in [0.717, 1.165) is 12.0 Å². The number of thiol groups is 1. The van der Waals surface area contributed by atoms with Crippen molar-refractivity contribution in [2.45, 2.75) is 33.1 Å². The smallest absolute Gasteiger partial charge is 0.318 e. The minimum atomic E-state index is -0.367. The predicted molar refractivity (Wildman–Crippen MR) is 102 cm³/mol. The zero-order chi connectivity index (χ0) is 18.4.